The fourth-order valence-corrected chi connectivity index (χ4v) is 3.06. The van der Waals surface area contributed by atoms with Crippen LogP contribution in [0.1, 0.15) is 11.1 Å². The molecule has 0 spiro atoms. The molecular weight excluding hydrogens is 270 g/mol. The molecule has 2 aromatic carbocycles. The van der Waals surface area contributed by atoms with E-state index in [0.717, 1.165) is 30.8 Å². The molecule has 1 unspecified atom stereocenters. The van der Waals surface area contributed by atoms with Crippen molar-refractivity contribution in [1.29, 1.82) is 0 Å². The van der Waals surface area contributed by atoms with E-state index in [4.69, 9.17) is 16.3 Å². The van der Waals surface area contributed by atoms with E-state index in [1.807, 2.05) is 6.07 Å². The van der Waals surface area contributed by atoms with Crippen LogP contribution in [-0.2, 0) is 12.8 Å². The van der Waals surface area contributed by atoms with Crippen molar-refractivity contribution in [1.82, 2.24) is 0 Å². The average molecular weight is 288 g/mol. The van der Waals surface area contributed by atoms with Gasteiger partial charge in [0.15, 0.2) is 0 Å². The molecule has 1 aliphatic heterocycles. The van der Waals surface area contributed by atoms with Gasteiger partial charge in [0.25, 0.3) is 0 Å². The van der Waals surface area contributed by atoms with E-state index in [1.54, 1.807) is 7.11 Å². The summed E-state index contributed by atoms with van der Waals surface area (Å²) in [5, 5.41) is 4.15. The van der Waals surface area contributed by atoms with Gasteiger partial charge >= 0.3 is 0 Å². The molecule has 0 saturated carbocycles. The maximum atomic E-state index is 6.16. The third kappa shape index (κ3) is 2.75. The zero-order chi connectivity index (χ0) is 13.9. The zero-order valence-corrected chi connectivity index (χ0v) is 12.3. The molecule has 3 rings (SSSR count). The second-order valence-corrected chi connectivity index (χ2v) is 5.69. The molecule has 104 valence electrons. The lowest BCUT2D eigenvalue weighted by atomic mass is 9.89. The summed E-state index contributed by atoms with van der Waals surface area (Å²) in [5.74, 6) is 1.36. The number of ether oxygens (including phenoxy) is 1. The Bertz CT molecular complexity index is 597. The van der Waals surface area contributed by atoms with Gasteiger partial charge in [0.1, 0.15) is 5.75 Å². The van der Waals surface area contributed by atoms with Crippen LogP contribution >= 0.6 is 11.6 Å². The number of halogens is 1. The van der Waals surface area contributed by atoms with Crippen LogP contribution < -0.4 is 10.1 Å². The Morgan fingerprint density at radius 2 is 2.05 bits per heavy atom. The van der Waals surface area contributed by atoms with E-state index in [9.17, 15) is 0 Å². The summed E-state index contributed by atoms with van der Waals surface area (Å²) in [4.78, 5) is 0. The Morgan fingerprint density at radius 1 is 1.25 bits per heavy atom. The minimum Gasteiger partial charge on any atom is -0.495 e. The smallest absolute Gasteiger partial charge is 0.137 e. The average Bonchev–Trinajstić information content (AvgIpc) is 2.48. The van der Waals surface area contributed by atoms with Gasteiger partial charge in [-0.3, -0.25) is 0 Å². The largest absolute Gasteiger partial charge is 0.495 e. The molecule has 0 saturated heterocycles. The molecule has 1 atom stereocenters. The minimum absolute atomic E-state index is 0.607. The third-order valence-corrected chi connectivity index (χ3v) is 4.13. The Labute approximate surface area is 124 Å². The second-order valence-electron chi connectivity index (χ2n) is 5.28. The van der Waals surface area contributed by atoms with Gasteiger partial charge in [-0.25, -0.2) is 0 Å². The van der Waals surface area contributed by atoms with Crippen LogP contribution in [0.5, 0.6) is 5.75 Å². The lowest BCUT2D eigenvalue weighted by Crippen LogP contribution is -2.24. The molecule has 0 aliphatic carbocycles. The second kappa shape index (κ2) is 5.76. The standard InChI is InChI=1S/C17H18ClNO/c1-20-17-9-14-8-13(7-12-5-3-2-4-6-12)11-19-16(14)10-15(17)18/h2-6,9-10,13,19H,7-8,11H2,1H3. The van der Waals surface area contributed by atoms with Crippen molar-refractivity contribution in [2.45, 2.75) is 12.8 Å². The molecule has 0 amide bonds. The predicted octanol–water partition coefficient (Wildman–Crippen LogP) is 4.18. The maximum absolute atomic E-state index is 6.16. The van der Waals surface area contributed by atoms with Gasteiger partial charge in [0.05, 0.1) is 12.1 Å². The molecule has 0 radical (unpaired) electrons. The van der Waals surface area contributed by atoms with Crippen LogP contribution in [0.25, 0.3) is 0 Å². The SMILES string of the molecule is COc1cc2c(cc1Cl)NCC(Cc1ccccc1)C2. The Hall–Kier alpha value is -1.67. The van der Waals surface area contributed by atoms with Crippen molar-refractivity contribution in [3.05, 3.63) is 58.6 Å². The van der Waals surface area contributed by atoms with Gasteiger partial charge < -0.3 is 10.1 Å². The van der Waals surface area contributed by atoms with Crippen molar-refractivity contribution in [2.75, 3.05) is 19.0 Å². The molecule has 0 fully saturated rings. The third-order valence-electron chi connectivity index (χ3n) is 3.83. The van der Waals surface area contributed by atoms with Gasteiger partial charge in [-0.05, 0) is 42.0 Å². The number of anilines is 1. The van der Waals surface area contributed by atoms with Crippen molar-refractivity contribution < 1.29 is 4.74 Å². The van der Waals surface area contributed by atoms with E-state index in [1.165, 1.54) is 11.1 Å². The first kappa shape index (κ1) is 13.3. The summed E-state index contributed by atoms with van der Waals surface area (Å²) in [6.07, 6.45) is 2.16. The normalized spacial score (nSPS) is 17.2. The number of hydrogen-bond acceptors (Lipinski definition) is 2. The van der Waals surface area contributed by atoms with Crippen molar-refractivity contribution in [3.63, 3.8) is 0 Å². The van der Waals surface area contributed by atoms with Gasteiger partial charge in [-0.1, -0.05) is 41.9 Å². The van der Waals surface area contributed by atoms with E-state index in [0.29, 0.717) is 10.9 Å². The monoisotopic (exact) mass is 287 g/mol. The number of rotatable bonds is 3. The van der Waals surface area contributed by atoms with Crippen LogP contribution in [-0.4, -0.2) is 13.7 Å². The molecule has 20 heavy (non-hydrogen) atoms. The van der Waals surface area contributed by atoms with E-state index in [2.05, 4.69) is 41.7 Å². The van der Waals surface area contributed by atoms with Crippen LogP contribution in [0.3, 0.4) is 0 Å². The summed E-state index contributed by atoms with van der Waals surface area (Å²) in [6.45, 7) is 0.991. The summed E-state index contributed by atoms with van der Waals surface area (Å²) < 4.78 is 5.30. The summed E-state index contributed by atoms with van der Waals surface area (Å²) in [6, 6.07) is 14.7. The maximum Gasteiger partial charge on any atom is 0.137 e. The lowest BCUT2D eigenvalue weighted by molar-refractivity contribution is 0.413. The van der Waals surface area contributed by atoms with Gasteiger partial charge in [0.2, 0.25) is 0 Å². The minimum atomic E-state index is 0.607. The Morgan fingerprint density at radius 3 is 2.80 bits per heavy atom. The molecule has 2 nitrogen and oxygen atoms in total. The van der Waals surface area contributed by atoms with Gasteiger partial charge in [0, 0.05) is 12.2 Å². The van der Waals surface area contributed by atoms with E-state index in [-0.39, 0.29) is 0 Å². The van der Waals surface area contributed by atoms with Crippen molar-refractivity contribution >= 4 is 17.3 Å². The lowest BCUT2D eigenvalue weighted by Gasteiger charge is -2.27. The van der Waals surface area contributed by atoms with Gasteiger partial charge in [-0.2, -0.15) is 0 Å². The number of hydrogen-bond donors (Lipinski definition) is 1. The number of methoxy groups -OCH3 is 1. The van der Waals surface area contributed by atoms with Crippen LogP contribution in [0.2, 0.25) is 5.02 Å². The first-order chi connectivity index (χ1) is 9.76. The predicted molar refractivity (Wildman–Crippen MR) is 83.8 cm³/mol. The first-order valence-electron chi connectivity index (χ1n) is 6.90. The van der Waals surface area contributed by atoms with Crippen LogP contribution in [0.4, 0.5) is 5.69 Å². The quantitative estimate of drug-likeness (QED) is 0.914. The molecule has 1 aliphatic rings. The van der Waals surface area contributed by atoms with Crippen LogP contribution in [0.15, 0.2) is 42.5 Å². The topological polar surface area (TPSA) is 21.3 Å². The summed E-state index contributed by atoms with van der Waals surface area (Å²) in [7, 11) is 1.66. The number of benzene rings is 2. The fraction of sp³-hybridized carbons (Fsp3) is 0.294. The fourth-order valence-electron chi connectivity index (χ4n) is 2.81. The Balaban J connectivity index is 1.78. The van der Waals surface area contributed by atoms with Crippen LogP contribution in [0, 0.1) is 5.92 Å². The molecule has 0 aromatic heterocycles. The number of nitrogens with one attached hydrogen (secondary N) is 1. The molecule has 0 bridgehead atoms. The molecular formula is C17H18ClNO. The molecule has 1 heterocycles. The molecule has 3 heteroatoms. The highest BCUT2D eigenvalue weighted by Gasteiger charge is 2.20. The molecule has 2 aromatic rings. The van der Waals surface area contributed by atoms with Gasteiger partial charge in [-0.15, -0.1) is 0 Å². The van der Waals surface area contributed by atoms with E-state index >= 15 is 0 Å². The Kier molecular flexibility index (Phi) is 3.83. The first-order valence-corrected chi connectivity index (χ1v) is 7.28. The van der Waals surface area contributed by atoms with Crippen molar-refractivity contribution in [2.24, 2.45) is 5.92 Å². The highest BCUT2D eigenvalue weighted by atomic mass is 35.5. The summed E-state index contributed by atoms with van der Waals surface area (Å²) in [5.41, 5.74) is 3.82. The van der Waals surface area contributed by atoms with Crippen molar-refractivity contribution in [3.8, 4) is 5.75 Å². The highest BCUT2D eigenvalue weighted by Crippen LogP contribution is 2.35. The number of fused-ring (bicyclic) bond motifs is 1. The van der Waals surface area contributed by atoms with E-state index < -0.39 is 0 Å². The highest BCUT2D eigenvalue weighted by molar-refractivity contribution is 6.32. The molecule has 1 N–H and O–H groups in total. The zero-order valence-electron chi connectivity index (χ0n) is 11.5. The summed E-state index contributed by atoms with van der Waals surface area (Å²) >= 11 is 6.16.